The lowest BCUT2D eigenvalue weighted by atomic mass is 10.6. The first-order chi connectivity index (χ1) is 5.82. The Bertz CT molecular complexity index is 430. The summed E-state index contributed by atoms with van der Waals surface area (Å²) in [7, 11) is 0.869. The summed E-state index contributed by atoms with van der Waals surface area (Å²) in [6.07, 6.45) is -4.80. The molecule has 1 heterocycles. The van der Waals surface area contributed by atoms with Crippen molar-refractivity contribution in [3.63, 3.8) is 0 Å². The number of aromatic amines is 1. The molecule has 72 valence electrons. The molecule has 0 aliphatic carbocycles. The number of hydrogen-bond acceptors (Lipinski definition) is 3. The van der Waals surface area contributed by atoms with Crippen LogP contribution in [0.2, 0.25) is 0 Å². The van der Waals surface area contributed by atoms with Crippen molar-refractivity contribution in [2.24, 2.45) is 7.05 Å². The topological polar surface area (TPSA) is 67.8 Å². The lowest BCUT2D eigenvalue weighted by Gasteiger charge is -2.07. The van der Waals surface area contributed by atoms with Crippen molar-refractivity contribution in [2.45, 2.75) is 6.18 Å². The molecule has 1 aromatic rings. The zero-order valence-corrected chi connectivity index (χ0v) is 6.34. The lowest BCUT2D eigenvalue weighted by molar-refractivity contribution is -0.148. The molecule has 1 rings (SSSR count). The zero-order chi connectivity index (χ0) is 10.2. The van der Waals surface area contributed by atoms with Gasteiger partial charge in [0.25, 0.3) is 0 Å². The first kappa shape index (κ1) is 9.49. The van der Waals surface area contributed by atoms with Crippen LogP contribution in [0.5, 0.6) is 0 Å². The van der Waals surface area contributed by atoms with Crippen molar-refractivity contribution in [1.82, 2.24) is 14.5 Å². The minimum absolute atomic E-state index is 0.224. The van der Waals surface area contributed by atoms with Crippen LogP contribution in [0.4, 0.5) is 13.2 Å². The second-order valence-corrected chi connectivity index (χ2v) is 2.23. The fourth-order valence-corrected chi connectivity index (χ4v) is 0.724. The fourth-order valence-electron chi connectivity index (χ4n) is 0.724. The van der Waals surface area contributed by atoms with E-state index in [1.54, 1.807) is 4.98 Å². The maximum absolute atomic E-state index is 12.0. The monoisotopic (exact) mass is 195 g/mol. The number of hydrogen-bond donors (Lipinski definition) is 1. The third kappa shape index (κ3) is 1.76. The van der Waals surface area contributed by atoms with Gasteiger partial charge in [0.05, 0.1) is 0 Å². The van der Waals surface area contributed by atoms with Crippen LogP contribution in [-0.2, 0) is 13.2 Å². The number of aromatic nitrogens is 3. The van der Waals surface area contributed by atoms with E-state index in [1.165, 1.54) is 0 Å². The molecule has 0 fully saturated rings. The molecule has 0 bridgehead atoms. The lowest BCUT2D eigenvalue weighted by Crippen LogP contribution is -2.36. The summed E-state index contributed by atoms with van der Waals surface area (Å²) in [5.74, 6) is -1.51. The number of nitrogens with zero attached hydrogens (tertiary/aromatic N) is 2. The molecule has 0 radical (unpaired) electrons. The van der Waals surface area contributed by atoms with Gasteiger partial charge in [-0.05, 0) is 0 Å². The van der Waals surface area contributed by atoms with Crippen molar-refractivity contribution in [3.8, 4) is 0 Å². The van der Waals surface area contributed by atoms with Gasteiger partial charge in [0, 0.05) is 7.05 Å². The van der Waals surface area contributed by atoms with E-state index < -0.39 is 23.4 Å². The van der Waals surface area contributed by atoms with Gasteiger partial charge in [-0.1, -0.05) is 0 Å². The standard InChI is InChI=1S/C5H4F3N3O2/c1-11-2(5(6,7)8)9-3(12)10-4(11)13/h1H3,(H,10,12,13). The number of alkyl halides is 3. The van der Waals surface area contributed by atoms with Gasteiger partial charge in [-0.15, -0.1) is 0 Å². The second-order valence-electron chi connectivity index (χ2n) is 2.23. The van der Waals surface area contributed by atoms with E-state index in [-0.39, 0.29) is 4.57 Å². The first-order valence-electron chi connectivity index (χ1n) is 3.07. The van der Waals surface area contributed by atoms with Crippen molar-refractivity contribution in [3.05, 3.63) is 26.8 Å². The summed E-state index contributed by atoms with van der Waals surface area (Å²) in [5.41, 5.74) is -2.46. The van der Waals surface area contributed by atoms with E-state index in [1.807, 2.05) is 0 Å². The number of halogens is 3. The van der Waals surface area contributed by atoms with Gasteiger partial charge in [0.15, 0.2) is 0 Å². The smallest absolute Gasteiger partial charge is 0.277 e. The van der Waals surface area contributed by atoms with Crippen LogP contribution < -0.4 is 11.4 Å². The molecule has 1 N–H and O–H groups in total. The molecule has 0 spiro atoms. The van der Waals surface area contributed by atoms with Gasteiger partial charge < -0.3 is 0 Å². The highest BCUT2D eigenvalue weighted by Gasteiger charge is 2.36. The summed E-state index contributed by atoms with van der Waals surface area (Å²) in [6, 6.07) is 0. The molecular formula is C5H4F3N3O2. The van der Waals surface area contributed by atoms with E-state index in [4.69, 9.17) is 0 Å². The van der Waals surface area contributed by atoms with E-state index in [2.05, 4.69) is 4.98 Å². The van der Waals surface area contributed by atoms with Crippen molar-refractivity contribution in [1.29, 1.82) is 0 Å². The molecule has 0 aromatic carbocycles. The average Bonchev–Trinajstić information content (AvgIpc) is 1.94. The molecule has 1 aromatic heterocycles. The van der Waals surface area contributed by atoms with Crippen LogP contribution in [0.3, 0.4) is 0 Å². The van der Waals surface area contributed by atoms with Gasteiger partial charge in [0.2, 0.25) is 5.82 Å². The second kappa shape index (κ2) is 2.71. The Morgan fingerprint density at radius 2 is 1.92 bits per heavy atom. The highest BCUT2D eigenvalue weighted by atomic mass is 19.4. The van der Waals surface area contributed by atoms with Crippen LogP contribution in [0.15, 0.2) is 9.59 Å². The number of nitrogens with one attached hydrogen (secondary N) is 1. The molecule has 0 aliphatic rings. The van der Waals surface area contributed by atoms with Crippen molar-refractivity contribution < 1.29 is 13.2 Å². The summed E-state index contributed by atoms with van der Waals surface area (Å²) < 4.78 is 36.3. The minimum atomic E-state index is -4.80. The Balaban J connectivity index is 3.56. The van der Waals surface area contributed by atoms with Crippen molar-refractivity contribution in [2.75, 3.05) is 0 Å². The molecular weight excluding hydrogens is 191 g/mol. The molecule has 0 unspecified atom stereocenters. The first-order valence-corrected chi connectivity index (χ1v) is 3.07. The molecule has 0 aliphatic heterocycles. The number of H-pyrrole nitrogens is 1. The molecule has 13 heavy (non-hydrogen) atoms. The summed E-state index contributed by atoms with van der Waals surface area (Å²) in [5, 5.41) is 0. The van der Waals surface area contributed by atoms with Gasteiger partial charge in [-0.3, -0.25) is 9.55 Å². The Morgan fingerprint density at radius 1 is 1.38 bits per heavy atom. The highest BCUT2D eigenvalue weighted by molar-refractivity contribution is 4.91. The maximum atomic E-state index is 12.0. The Hall–Kier alpha value is -1.60. The zero-order valence-electron chi connectivity index (χ0n) is 6.34. The Kier molecular flexibility index (Phi) is 1.98. The largest absolute Gasteiger partial charge is 0.450 e. The predicted molar refractivity (Wildman–Crippen MR) is 35.1 cm³/mol. The Morgan fingerprint density at radius 3 is 2.38 bits per heavy atom. The number of rotatable bonds is 0. The minimum Gasteiger partial charge on any atom is -0.277 e. The third-order valence-corrected chi connectivity index (χ3v) is 1.30. The normalized spacial score (nSPS) is 11.7. The predicted octanol–water partition coefficient (Wildman–Crippen LogP) is -0.513. The summed E-state index contributed by atoms with van der Waals surface area (Å²) in [4.78, 5) is 25.3. The summed E-state index contributed by atoms with van der Waals surface area (Å²) >= 11 is 0. The van der Waals surface area contributed by atoms with Crippen molar-refractivity contribution >= 4 is 0 Å². The quantitative estimate of drug-likeness (QED) is 0.606. The average molecular weight is 195 g/mol. The Labute approximate surface area is 68.8 Å². The van der Waals surface area contributed by atoms with Gasteiger partial charge in [-0.2, -0.15) is 18.2 Å². The molecule has 5 nitrogen and oxygen atoms in total. The molecule has 0 saturated heterocycles. The third-order valence-electron chi connectivity index (χ3n) is 1.30. The van der Waals surface area contributed by atoms with Gasteiger partial charge in [-0.25, -0.2) is 9.59 Å². The SMILES string of the molecule is Cn1c(C(F)(F)F)nc(=O)[nH]c1=O. The van der Waals surface area contributed by atoms with E-state index in [9.17, 15) is 22.8 Å². The molecule has 0 atom stereocenters. The van der Waals surface area contributed by atoms with Gasteiger partial charge in [0.1, 0.15) is 0 Å². The highest BCUT2D eigenvalue weighted by Crippen LogP contribution is 2.24. The fraction of sp³-hybridized carbons (Fsp3) is 0.400. The van der Waals surface area contributed by atoms with E-state index in [0.717, 1.165) is 7.05 Å². The van der Waals surface area contributed by atoms with E-state index in [0.29, 0.717) is 0 Å². The molecule has 0 amide bonds. The summed E-state index contributed by atoms with van der Waals surface area (Å²) in [6.45, 7) is 0. The van der Waals surface area contributed by atoms with Crippen LogP contribution >= 0.6 is 0 Å². The van der Waals surface area contributed by atoms with Crippen LogP contribution in [0, 0.1) is 0 Å². The van der Waals surface area contributed by atoms with Gasteiger partial charge >= 0.3 is 17.6 Å². The molecule has 0 saturated carbocycles. The maximum Gasteiger partial charge on any atom is 0.450 e. The molecule has 8 heteroatoms. The van der Waals surface area contributed by atoms with Crippen LogP contribution in [0.25, 0.3) is 0 Å². The van der Waals surface area contributed by atoms with Crippen LogP contribution in [-0.4, -0.2) is 14.5 Å². The van der Waals surface area contributed by atoms with E-state index >= 15 is 0 Å². The van der Waals surface area contributed by atoms with Crippen LogP contribution in [0.1, 0.15) is 5.82 Å².